The van der Waals surface area contributed by atoms with E-state index < -0.39 is 29.2 Å². The summed E-state index contributed by atoms with van der Waals surface area (Å²) < 4.78 is 4.92. The van der Waals surface area contributed by atoms with E-state index >= 15 is 0 Å². The molecule has 1 saturated heterocycles. The molecule has 1 atom stereocenters. The van der Waals surface area contributed by atoms with E-state index in [1.807, 2.05) is 0 Å². The molecular weight excluding hydrogens is 374 g/mol. The molecule has 1 aromatic carbocycles. The van der Waals surface area contributed by atoms with Crippen LogP contribution in [0.5, 0.6) is 0 Å². The van der Waals surface area contributed by atoms with Gasteiger partial charge < -0.3 is 4.74 Å². The lowest BCUT2D eigenvalue weighted by atomic mass is 9.96. The number of ether oxygens (including phenoxy) is 1. The van der Waals surface area contributed by atoms with Crippen LogP contribution in [0.25, 0.3) is 0 Å². The fourth-order valence-corrected chi connectivity index (χ4v) is 3.37. The number of carbonyl (C=O) groups excluding carboxylic acids is 4. The number of benzene rings is 1. The maximum Gasteiger partial charge on any atom is 0.355 e. The van der Waals surface area contributed by atoms with Crippen molar-refractivity contribution < 1.29 is 23.9 Å². The normalized spacial score (nSPS) is 21.6. The number of aryl methyl sites for hydroxylation is 1. The summed E-state index contributed by atoms with van der Waals surface area (Å²) >= 11 is 6.12. The first-order chi connectivity index (χ1) is 12.7. The second kappa shape index (κ2) is 6.70. The molecule has 1 N–H and O–H groups in total. The molecular formula is C18H18ClN3O5. The number of amides is 3. The van der Waals surface area contributed by atoms with E-state index in [2.05, 4.69) is 5.43 Å². The highest BCUT2D eigenvalue weighted by molar-refractivity contribution is 6.32. The minimum Gasteiger partial charge on any atom is -0.461 e. The number of nitrogens with zero attached hydrogens (tertiary/aromatic N) is 2. The summed E-state index contributed by atoms with van der Waals surface area (Å²) in [5, 5.41) is 1.40. The summed E-state index contributed by atoms with van der Waals surface area (Å²) in [6.07, 6.45) is 0.981. The Hall–Kier alpha value is -2.87. The minimum absolute atomic E-state index is 0.0583. The Balaban J connectivity index is 2.04. The highest BCUT2D eigenvalue weighted by Crippen LogP contribution is 2.39. The predicted octanol–water partition coefficient (Wildman–Crippen LogP) is 1.46. The molecule has 1 fully saturated rings. The Morgan fingerprint density at radius 1 is 1.33 bits per heavy atom. The van der Waals surface area contributed by atoms with E-state index in [0.29, 0.717) is 10.7 Å². The van der Waals surface area contributed by atoms with Crippen LogP contribution in [0, 0.1) is 6.92 Å². The van der Waals surface area contributed by atoms with Crippen molar-refractivity contribution in [2.45, 2.75) is 32.7 Å². The molecule has 1 spiro atoms. The average Bonchev–Trinajstić information content (AvgIpc) is 3.10. The lowest BCUT2D eigenvalue weighted by Crippen LogP contribution is -2.56. The Bertz CT molecular complexity index is 897. The van der Waals surface area contributed by atoms with Crippen molar-refractivity contribution in [1.82, 2.24) is 10.4 Å². The number of hydrogen-bond acceptors (Lipinski definition) is 6. The van der Waals surface area contributed by atoms with E-state index in [1.165, 1.54) is 19.1 Å². The standard InChI is InChI=1S/C18H18ClN3O5/c1-4-27-16(25)14-8-18(22(20-14)11(3)23)9-15(24)21(17(18)26)12-6-5-10(2)13(19)7-12/h5-8,20H,4,9H2,1-3H3/t18-/m1/s1. The van der Waals surface area contributed by atoms with Crippen molar-refractivity contribution in [1.29, 1.82) is 0 Å². The zero-order valence-electron chi connectivity index (χ0n) is 15.0. The van der Waals surface area contributed by atoms with Crippen LogP contribution in [-0.4, -0.2) is 40.8 Å². The van der Waals surface area contributed by atoms with Crippen LogP contribution in [-0.2, 0) is 23.9 Å². The van der Waals surface area contributed by atoms with Crippen LogP contribution < -0.4 is 10.3 Å². The zero-order chi connectivity index (χ0) is 19.9. The van der Waals surface area contributed by atoms with Gasteiger partial charge in [-0.3, -0.25) is 19.8 Å². The third kappa shape index (κ3) is 2.95. The van der Waals surface area contributed by atoms with Crippen LogP contribution in [0.4, 0.5) is 5.69 Å². The van der Waals surface area contributed by atoms with Gasteiger partial charge in [-0.2, -0.15) is 0 Å². The van der Waals surface area contributed by atoms with Crippen molar-refractivity contribution in [2.75, 3.05) is 11.5 Å². The summed E-state index contributed by atoms with van der Waals surface area (Å²) in [7, 11) is 0. The quantitative estimate of drug-likeness (QED) is 0.619. The number of hydrazine groups is 1. The second-order valence-electron chi connectivity index (χ2n) is 6.31. The molecule has 2 heterocycles. The summed E-state index contributed by atoms with van der Waals surface area (Å²) in [4.78, 5) is 51.0. The van der Waals surface area contributed by atoms with Gasteiger partial charge in [-0.15, -0.1) is 0 Å². The van der Waals surface area contributed by atoms with E-state index in [4.69, 9.17) is 16.3 Å². The molecule has 3 rings (SSSR count). The molecule has 27 heavy (non-hydrogen) atoms. The molecule has 0 aliphatic carbocycles. The molecule has 0 saturated carbocycles. The van der Waals surface area contributed by atoms with E-state index in [0.717, 1.165) is 15.5 Å². The molecule has 0 unspecified atom stereocenters. The van der Waals surface area contributed by atoms with Crippen LogP contribution in [0.15, 0.2) is 30.0 Å². The largest absolute Gasteiger partial charge is 0.461 e. The molecule has 1 aromatic rings. The molecule has 2 aliphatic heterocycles. The maximum atomic E-state index is 13.2. The van der Waals surface area contributed by atoms with Gasteiger partial charge in [0.05, 0.1) is 18.7 Å². The topological polar surface area (TPSA) is 96.0 Å². The summed E-state index contributed by atoms with van der Waals surface area (Å²) in [6, 6.07) is 4.81. The van der Waals surface area contributed by atoms with Crippen LogP contribution in [0.1, 0.15) is 25.8 Å². The van der Waals surface area contributed by atoms with Crippen LogP contribution in [0.2, 0.25) is 5.02 Å². The van der Waals surface area contributed by atoms with E-state index in [-0.39, 0.29) is 18.7 Å². The highest BCUT2D eigenvalue weighted by atomic mass is 35.5. The zero-order valence-corrected chi connectivity index (χ0v) is 15.8. The number of esters is 1. The third-order valence-corrected chi connectivity index (χ3v) is 4.89. The molecule has 142 valence electrons. The van der Waals surface area contributed by atoms with Crippen LogP contribution in [0.3, 0.4) is 0 Å². The van der Waals surface area contributed by atoms with Crippen molar-refractivity contribution in [3.05, 3.63) is 40.6 Å². The van der Waals surface area contributed by atoms with Gasteiger partial charge in [0, 0.05) is 11.9 Å². The maximum absolute atomic E-state index is 13.2. The van der Waals surface area contributed by atoms with Gasteiger partial charge >= 0.3 is 5.97 Å². The molecule has 9 heteroatoms. The van der Waals surface area contributed by atoms with Gasteiger partial charge in [0.1, 0.15) is 5.70 Å². The predicted molar refractivity (Wildman–Crippen MR) is 96.4 cm³/mol. The Morgan fingerprint density at radius 2 is 2.04 bits per heavy atom. The number of nitrogens with one attached hydrogen (secondary N) is 1. The Morgan fingerprint density at radius 3 is 2.63 bits per heavy atom. The molecule has 8 nitrogen and oxygen atoms in total. The van der Waals surface area contributed by atoms with Crippen molar-refractivity contribution in [2.24, 2.45) is 0 Å². The highest BCUT2D eigenvalue weighted by Gasteiger charge is 2.59. The number of carbonyl (C=O) groups is 4. The third-order valence-electron chi connectivity index (χ3n) is 4.48. The molecule has 0 aromatic heterocycles. The van der Waals surface area contributed by atoms with Crippen molar-refractivity contribution >= 4 is 41.0 Å². The molecule has 2 aliphatic rings. The van der Waals surface area contributed by atoms with Gasteiger partial charge in [0.25, 0.3) is 5.91 Å². The van der Waals surface area contributed by atoms with Gasteiger partial charge in [-0.1, -0.05) is 17.7 Å². The smallest absolute Gasteiger partial charge is 0.355 e. The molecule has 0 bridgehead atoms. The van der Waals surface area contributed by atoms with Gasteiger partial charge in [-0.25, -0.2) is 14.7 Å². The van der Waals surface area contributed by atoms with E-state index in [9.17, 15) is 19.2 Å². The lowest BCUT2D eigenvalue weighted by molar-refractivity contribution is -0.144. The Kier molecular flexibility index (Phi) is 4.69. The van der Waals surface area contributed by atoms with Gasteiger partial charge in [0.15, 0.2) is 5.54 Å². The minimum atomic E-state index is -1.62. The summed E-state index contributed by atoms with van der Waals surface area (Å²) in [6.45, 7) is 4.80. The van der Waals surface area contributed by atoms with Gasteiger partial charge in [0.2, 0.25) is 11.8 Å². The van der Waals surface area contributed by atoms with Crippen molar-refractivity contribution in [3.63, 3.8) is 0 Å². The summed E-state index contributed by atoms with van der Waals surface area (Å²) in [5.74, 6) is -2.38. The van der Waals surface area contributed by atoms with Crippen molar-refractivity contribution in [3.8, 4) is 0 Å². The number of imide groups is 1. The molecule has 0 radical (unpaired) electrons. The first kappa shape index (κ1) is 18.9. The first-order valence-electron chi connectivity index (χ1n) is 8.32. The SMILES string of the molecule is CCOC(=O)C1=C[C@]2(CC(=O)N(c3ccc(C)c(Cl)c3)C2=O)N(C(C)=O)N1. The Labute approximate surface area is 160 Å². The number of anilines is 1. The fourth-order valence-electron chi connectivity index (χ4n) is 3.19. The average molecular weight is 392 g/mol. The number of hydrogen-bond donors (Lipinski definition) is 1. The van der Waals surface area contributed by atoms with E-state index in [1.54, 1.807) is 26.0 Å². The van der Waals surface area contributed by atoms with Crippen LogP contribution >= 0.6 is 11.6 Å². The first-order valence-corrected chi connectivity index (χ1v) is 8.70. The monoisotopic (exact) mass is 391 g/mol. The fraction of sp³-hybridized carbons (Fsp3) is 0.333. The lowest BCUT2D eigenvalue weighted by Gasteiger charge is -2.30. The number of halogens is 1. The number of rotatable bonds is 3. The summed E-state index contributed by atoms with van der Waals surface area (Å²) in [5.41, 5.74) is 2.02. The molecule has 3 amide bonds. The van der Waals surface area contributed by atoms with Gasteiger partial charge in [-0.05, 0) is 37.6 Å². The second-order valence-corrected chi connectivity index (χ2v) is 6.72.